The van der Waals surface area contributed by atoms with E-state index >= 15 is 0 Å². The molecule has 0 radical (unpaired) electrons. The Hall–Kier alpha value is -5.25. The van der Waals surface area contributed by atoms with Crippen molar-refractivity contribution in [2.24, 2.45) is 0 Å². The van der Waals surface area contributed by atoms with Crippen LogP contribution in [0.5, 0.6) is 11.5 Å². The largest absolute Gasteiger partial charge is 0.459 e. The van der Waals surface area contributed by atoms with Gasteiger partial charge in [0, 0.05) is 25.7 Å². The Morgan fingerprint density at radius 2 is 1.50 bits per heavy atom. The number of nitrogens with zero attached hydrogens (tertiary/aromatic N) is 1. The minimum Gasteiger partial charge on any atom is -0.459 e. The Morgan fingerprint density at radius 3 is 2.20 bits per heavy atom. The van der Waals surface area contributed by atoms with Crippen LogP contribution in [0.25, 0.3) is 11.1 Å². The minimum atomic E-state index is -1.03. The van der Waals surface area contributed by atoms with Crippen LogP contribution < -0.4 is 10.1 Å². The summed E-state index contributed by atoms with van der Waals surface area (Å²) in [6.45, 7) is 5.58. The Balaban J connectivity index is 1.21. The van der Waals surface area contributed by atoms with Crippen molar-refractivity contribution in [3.63, 3.8) is 0 Å². The highest BCUT2D eigenvalue weighted by Crippen LogP contribution is 2.29. The number of nitrogens with one attached hydrogen (secondary N) is 1. The molecule has 238 valence electrons. The molecule has 4 aromatic carbocycles. The summed E-state index contributed by atoms with van der Waals surface area (Å²) >= 11 is 0. The zero-order valence-electron chi connectivity index (χ0n) is 25.7. The SMILES string of the molecule is CC(C)(C)OC(=O)C(CNC(=O)OC(=O)N1CCc2ccc(Oc3ccc(F)c(F)c3)cc2C1)c1ccc(-c2ccccc2)cc1. The molecule has 4 aromatic rings. The number of esters is 1. The summed E-state index contributed by atoms with van der Waals surface area (Å²) in [6.07, 6.45) is -1.34. The van der Waals surface area contributed by atoms with E-state index in [4.69, 9.17) is 14.2 Å². The first-order valence-corrected chi connectivity index (χ1v) is 14.8. The molecule has 10 heteroatoms. The Morgan fingerprint density at radius 1 is 0.826 bits per heavy atom. The summed E-state index contributed by atoms with van der Waals surface area (Å²) in [4.78, 5) is 40.2. The monoisotopic (exact) mass is 628 g/mol. The zero-order valence-corrected chi connectivity index (χ0v) is 25.7. The van der Waals surface area contributed by atoms with Crippen molar-refractivity contribution in [2.75, 3.05) is 13.1 Å². The molecule has 1 aliphatic heterocycles. The van der Waals surface area contributed by atoms with Gasteiger partial charge in [0.2, 0.25) is 0 Å². The fourth-order valence-corrected chi connectivity index (χ4v) is 5.04. The molecular weight excluding hydrogens is 594 g/mol. The molecule has 1 aliphatic rings. The smallest absolute Gasteiger partial charge is 0.419 e. The van der Waals surface area contributed by atoms with Crippen molar-refractivity contribution in [3.05, 3.63) is 119 Å². The average molecular weight is 629 g/mol. The van der Waals surface area contributed by atoms with Gasteiger partial charge < -0.3 is 24.4 Å². The summed E-state index contributed by atoms with van der Waals surface area (Å²) in [5.74, 6) is -2.88. The van der Waals surface area contributed by atoms with E-state index in [9.17, 15) is 23.2 Å². The second-order valence-corrected chi connectivity index (χ2v) is 11.9. The third-order valence-electron chi connectivity index (χ3n) is 7.32. The van der Waals surface area contributed by atoms with Gasteiger partial charge in [0.1, 0.15) is 17.1 Å². The molecular formula is C36H34F2N2O6. The molecule has 0 aromatic heterocycles. The van der Waals surface area contributed by atoms with Gasteiger partial charge in [0.05, 0.1) is 5.92 Å². The van der Waals surface area contributed by atoms with Crippen molar-refractivity contribution >= 4 is 18.2 Å². The molecule has 1 atom stereocenters. The quantitative estimate of drug-likeness (QED) is 0.166. The Labute approximate surface area is 265 Å². The average Bonchev–Trinajstić information content (AvgIpc) is 3.02. The molecule has 1 N–H and O–H groups in total. The lowest BCUT2D eigenvalue weighted by Crippen LogP contribution is -2.41. The van der Waals surface area contributed by atoms with Crippen LogP contribution in [0, 0.1) is 11.6 Å². The molecule has 1 heterocycles. The number of hydrogen-bond donors (Lipinski definition) is 1. The van der Waals surface area contributed by atoms with Gasteiger partial charge in [0.15, 0.2) is 11.6 Å². The van der Waals surface area contributed by atoms with Gasteiger partial charge in [-0.1, -0.05) is 60.7 Å². The van der Waals surface area contributed by atoms with Crippen molar-refractivity contribution in [1.82, 2.24) is 10.2 Å². The molecule has 8 nitrogen and oxygen atoms in total. The van der Waals surface area contributed by atoms with Crippen molar-refractivity contribution < 1.29 is 37.4 Å². The summed E-state index contributed by atoms with van der Waals surface area (Å²) in [5.41, 5.74) is 3.61. The topological polar surface area (TPSA) is 94.2 Å². The highest BCUT2D eigenvalue weighted by Gasteiger charge is 2.29. The summed E-state index contributed by atoms with van der Waals surface area (Å²) in [7, 11) is 0. The maximum Gasteiger partial charge on any atom is 0.419 e. The predicted molar refractivity (Wildman–Crippen MR) is 167 cm³/mol. The number of fused-ring (bicyclic) bond motifs is 1. The maximum absolute atomic E-state index is 13.6. The van der Waals surface area contributed by atoms with Gasteiger partial charge >= 0.3 is 18.2 Å². The lowest BCUT2D eigenvalue weighted by atomic mass is 9.96. The van der Waals surface area contributed by atoms with Gasteiger partial charge in [-0.25, -0.2) is 18.4 Å². The van der Waals surface area contributed by atoms with Crippen molar-refractivity contribution in [2.45, 2.75) is 45.3 Å². The van der Waals surface area contributed by atoms with Crippen LogP contribution in [0.2, 0.25) is 0 Å². The lowest BCUT2D eigenvalue weighted by molar-refractivity contribution is -0.156. The number of amides is 2. The molecule has 5 rings (SSSR count). The number of alkyl carbamates (subject to hydrolysis) is 1. The van der Waals surface area contributed by atoms with E-state index in [1.165, 1.54) is 11.0 Å². The van der Waals surface area contributed by atoms with Crippen LogP contribution in [0.3, 0.4) is 0 Å². The van der Waals surface area contributed by atoms with Crippen LogP contribution in [0.4, 0.5) is 18.4 Å². The van der Waals surface area contributed by atoms with Crippen LogP contribution in [-0.4, -0.2) is 41.7 Å². The summed E-state index contributed by atoms with van der Waals surface area (Å²) in [5, 5.41) is 2.54. The molecule has 0 saturated heterocycles. The number of ether oxygens (including phenoxy) is 3. The minimum absolute atomic E-state index is 0.124. The Bertz CT molecular complexity index is 1720. The van der Waals surface area contributed by atoms with Gasteiger partial charge in [-0.05, 0) is 79.3 Å². The normalized spacial score (nSPS) is 13.3. The fourth-order valence-electron chi connectivity index (χ4n) is 5.04. The zero-order chi connectivity index (χ0) is 32.8. The first kappa shape index (κ1) is 32.2. The van der Waals surface area contributed by atoms with Crippen molar-refractivity contribution in [3.8, 4) is 22.6 Å². The first-order valence-electron chi connectivity index (χ1n) is 14.8. The number of benzene rings is 4. The van der Waals surface area contributed by atoms with E-state index in [0.717, 1.165) is 34.4 Å². The van der Waals surface area contributed by atoms with Crippen LogP contribution in [0.1, 0.15) is 43.4 Å². The van der Waals surface area contributed by atoms with Crippen LogP contribution in [-0.2, 0) is 27.2 Å². The maximum atomic E-state index is 13.6. The Kier molecular flexibility index (Phi) is 9.65. The highest BCUT2D eigenvalue weighted by atomic mass is 19.2. The third kappa shape index (κ3) is 8.26. The van der Waals surface area contributed by atoms with E-state index in [1.807, 2.05) is 60.7 Å². The second kappa shape index (κ2) is 13.8. The van der Waals surface area contributed by atoms with Gasteiger partial charge in [-0.2, -0.15) is 0 Å². The molecule has 0 bridgehead atoms. The molecule has 1 unspecified atom stereocenters. The number of hydrogen-bond acceptors (Lipinski definition) is 6. The molecule has 2 amide bonds. The van der Waals surface area contributed by atoms with E-state index < -0.39 is 41.3 Å². The van der Waals surface area contributed by atoms with E-state index in [0.29, 0.717) is 24.3 Å². The number of carbonyl (C=O) groups excluding carboxylic acids is 3. The van der Waals surface area contributed by atoms with Crippen LogP contribution in [0.15, 0.2) is 91.0 Å². The van der Waals surface area contributed by atoms with Gasteiger partial charge in [-0.15, -0.1) is 0 Å². The third-order valence-corrected chi connectivity index (χ3v) is 7.32. The van der Waals surface area contributed by atoms with E-state index in [1.54, 1.807) is 32.9 Å². The predicted octanol–water partition coefficient (Wildman–Crippen LogP) is 7.75. The van der Waals surface area contributed by atoms with E-state index in [-0.39, 0.29) is 18.8 Å². The molecule has 0 aliphatic carbocycles. The molecule has 0 fully saturated rings. The second-order valence-electron chi connectivity index (χ2n) is 11.9. The lowest BCUT2D eigenvalue weighted by Gasteiger charge is -2.28. The van der Waals surface area contributed by atoms with Crippen molar-refractivity contribution in [1.29, 1.82) is 0 Å². The van der Waals surface area contributed by atoms with Gasteiger partial charge in [-0.3, -0.25) is 4.79 Å². The molecule has 0 saturated carbocycles. The van der Waals surface area contributed by atoms with Gasteiger partial charge in [0.25, 0.3) is 0 Å². The summed E-state index contributed by atoms with van der Waals surface area (Å²) in [6, 6.07) is 25.7. The molecule has 0 spiro atoms. The van der Waals surface area contributed by atoms with E-state index in [2.05, 4.69) is 5.32 Å². The standard InChI is InChI=1S/C36H34F2N2O6/c1-36(2,3)46-33(41)30(26-11-9-24(10-12-26)23-7-5-4-6-8-23)21-39-34(42)45-35(43)40-18-17-25-13-14-28(19-27(25)22-40)44-29-15-16-31(37)32(38)20-29/h4-16,19-20,30H,17-18,21-22H2,1-3H3,(H,39,42). The number of carbonyl (C=O) groups is 3. The number of rotatable bonds is 7. The number of halogens is 2. The highest BCUT2D eigenvalue weighted by molar-refractivity contribution is 5.85. The first-order chi connectivity index (χ1) is 21.9. The summed E-state index contributed by atoms with van der Waals surface area (Å²) < 4.78 is 43.2. The molecule has 46 heavy (non-hydrogen) atoms. The fraction of sp³-hybridized carbons (Fsp3) is 0.250. The van der Waals surface area contributed by atoms with Crippen LogP contribution >= 0.6 is 0 Å².